The summed E-state index contributed by atoms with van der Waals surface area (Å²) in [5, 5.41) is 91.3. The number of pyridine rings is 1. The number of nitrogens with one attached hydrogen (secondary N) is 1. The number of hydrogen-bond acceptors (Lipinski definition) is 17. The van der Waals surface area contributed by atoms with Crippen LogP contribution in [0.3, 0.4) is 0 Å². The quantitative estimate of drug-likeness (QED) is 0.0658. The minimum atomic E-state index is -2.76. The Morgan fingerprint density at radius 1 is 1.00 bits per heavy atom. The second-order valence-corrected chi connectivity index (χ2v) is 18.5. The van der Waals surface area contributed by atoms with Crippen LogP contribution >= 0.6 is 0 Å². The Morgan fingerprint density at radius 3 is 2.48 bits per heavy atom. The Hall–Kier alpha value is -7.58. The Kier molecular flexibility index (Phi) is 12.1. The van der Waals surface area contributed by atoms with E-state index >= 15 is 0 Å². The molecule has 2 aliphatic carbocycles. The Bertz CT molecular complexity index is 3000. The third-order valence-electron chi connectivity index (χ3n) is 13.9. The minimum Gasteiger partial charge on any atom is -0.508 e. The molecule has 6 aliphatic rings. The lowest BCUT2D eigenvalue weighted by atomic mass is 9.60. The summed E-state index contributed by atoms with van der Waals surface area (Å²) in [7, 11) is 0. The van der Waals surface area contributed by atoms with Crippen LogP contribution in [-0.2, 0) is 28.0 Å². The Labute approximate surface area is 406 Å². The highest BCUT2D eigenvalue weighted by atomic mass is 16.7. The molecule has 0 amide bonds. The number of carbonyl (C=O) groups is 1. The Morgan fingerprint density at radius 2 is 1.79 bits per heavy atom. The first-order chi connectivity index (χ1) is 34.1. The topological polar surface area (TPSA) is 305 Å². The number of aryl methyl sites for hydroxylation is 1. The van der Waals surface area contributed by atoms with E-state index in [1.54, 1.807) is 60.7 Å². The van der Waals surface area contributed by atoms with Crippen LogP contribution in [0.4, 0.5) is 5.82 Å². The summed E-state index contributed by atoms with van der Waals surface area (Å²) in [6, 6.07) is 16.6. The van der Waals surface area contributed by atoms with Crippen LogP contribution < -0.4 is 24.7 Å². The van der Waals surface area contributed by atoms with Crippen LogP contribution in [0.5, 0.6) is 34.5 Å². The van der Waals surface area contributed by atoms with Gasteiger partial charge in [0.1, 0.15) is 70.0 Å². The second-order valence-electron chi connectivity index (χ2n) is 18.5. The van der Waals surface area contributed by atoms with E-state index in [1.807, 2.05) is 13.0 Å². The normalized spacial score (nSPS) is 27.0. The van der Waals surface area contributed by atoms with Gasteiger partial charge in [-0.3, -0.25) is 10.4 Å². The number of benzene rings is 3. The lowest BCUT2D eigenvalue weighted by Gasteiger charge is -2.57. The first-order valence-corrected chi connectivity index (χ1v) is 23.3. The predicted molar refractivity (Wildman–Crippen MR) is 259 cm³/mol. The molecular weight excluding hydrogens is 917 g/mol. The summed E-state index contributed by atoms with van der Waals surface area (Å²) in [5.41, 5.74) is 2.97. The van der Waals surface area contributed by atoms with E-state index in [9.17, 15) is 40.5 Å². The number of ether oxygens (including phenoxy) is 5. The van der Waals surface area contributed by atoms with Gasteiger partial charge < -0.3 is 65.2 Å². The number of aliphatic imine (C=N–C) groups is 3. The number of aromatic hydroxyl groups is 2. The molecule has 0 spiro atoms. The van der Waals surface area contributed by atoms with Crippen molar-refractivity contribution in [2.45, 2.75) is 93.3 Å². The van der Waals surface area contributed by atoms with Crippen LogP contribution in [0, 0.1) is 11.3 Å². The molecule has 5 heterocycles. The number of carboxylic acid groups (broad SMARTS) is 1. The van der Waals surface area contributed by atoms with Crippen molar-refractivity contribution in [3.8, 4) is 34.5 Å². The van der Waals surface area contributed by atoms with Gasteiger partial charge in [-0.15, -0.1) is 0 Å². The molecule has 19 heteroatoms. The van der Waals surface area contributed by atoms with Crippen molar-refractivity contribution in [1.82, 2.24) is 4.98 Å². The molecule has 19 nitrogen and oxygen atoms in total. The van der Waals surface area contributed by atoms with Crippen molar-refractivity contribution in [2.75, 3.05) is 18.9 Å². The molecule has 4 aliphatic heterocycles. The maximum atomic E-state index is 13.3. The summed E-state index contributed by atoms with van der Waals surface area (Å²) < 4.78 is 31.9. The van der Waals surface area contributed by atoms with Crippen molar-refractivity contribution in [3.05, 3.63) is 125 Å². The molecule has 368 valence electrons. The zero-order valence-electron chi connectivity index (χ0n) is 38.4. The summed E-state index contributed by atoms with van der Waals surface area (Å²) in [6.45, 7) is 2.21. The fraction of sp³-hybridized carbons (Fsp3) is 0.346. The van der Waals surface area contributed by atoms with E-state index in [1.165, 1.54) is 30.8 Å². The molecule has 7 atom stereocenters. The first-order valence-electron chi connectivity index (χ1n) is 23.3. The van der Waals surface area contributed by atoms with Gasteiger partial charge in [0.25, 0.3) is 0 Å². The van der Waals surface area contributed by atoms with Crippen molar-refractivity contribution >= 4 is 41.1 Å². The molecule has 2 fully saturated rings. The molecular formula is C52H52N6O13. The number of fused-ring (bicyclic) bond motifs is 3. The van der Waals surface area contributed by atoms with Crippen LogP contribution in [-0.4, -0.2) is 113 Å². The van der Waals surface area contributed by atoms with Crippen molar-refractivity contribution in [3.63, 3.8) is 0 Å². The number of carboxylic acids is 1. The molecule has 1 saturated heterocycles. The lowest BCUT2D eigenvalue weighted by Crippen LogP contribution is -2.79. The number of anilines is 1. The average Bonchev–Trinajstić information content (AvgIpc) is 4.14. The number of nitrogen functional groups attached to an aromatic ring is 1. The lowest BCUT2D eigenvalue weighted by molar-refractivity contribution is -0.338. The molecule has 10 rings (SSSR count). The molecule has 3 aromatic carbocycles. The summed E-state index contributed by atoms with van der Waals surface area (Å²) in [5.74, 6) is -3.97. The van der Waals surface area contributed by atoms with Crippen LogP contribution in [0.2, 0.25) is 0 Å². The van der Waals surface area contributed by atoms with E-state index in [0.29, 0.717) is 67.6 Å². The van der Waals surface area contributed by atoms with Crippen LogP contribution in [0.25, 0.3) is 5.76 Å². The molecule has 1 unspecified atom stereocenters. The van der Waals surface area contributed by atoms with E-state index in [-0.39, 0.29) is 70.2 Å². The molecule has 1 saturated carbocycles. The number of aliphatic hydroxyl groups is 4. The van der Waals surface area contributed by atoms with Gasteiger partial charge in [0, 0.05) is 30.5 Å². The smallest absolute Gasteiger partial charge is 0.336 e. The molecule has 0 radical (unpaired) electrons. The fourth-order valence-electron chi connectivity index (χ4n) is 10.5. The molecule has 1 aromatic heterocycles. The number of nitrogens with two attached hydrogens (primary N) is 1. The van der Waals surface area contributed by atoms with Gasteiger partial charge in [0.2, 0.25) is 12.0 Å². The van der Waals surface area contributed by atoms with Crippen molar-refractivity contribution < 1.29 is 64.2 Å². The van der Waals surface area contributed by atoms with E-state index in [2.05, 4.69) is 20.0 Å². The summed E-state index contributed by atoms with van der Waals surface area (Å²) in [4.78, 5) is 30.0. The van der Waals surface area contributed by atoms with Crippen molar-refractivity contribution in [2.24, 2.45) is 20.9 Å². The predicted octanol–water partition coefficient (Wildman–Crippen LogP) is 5.57. The second kappa shape index (κ2) is 18.3. The number of nitrogens with zero attached hydrogens (tertiary/aromatic N) is 4. The molecule has 4 aromatic rings. The SMILES string of the molecule is CCc1cc(O)cc(C2(Oc3c(O[C@@H]4O[C@H](C(=O)O)[C@]5(O)[C@@H](C6=NC=NC6)C(Cc6ccnc(N)c6)=C[C@@]4(O)[C@@H]5O)cc4c(c3O)C(O)=CC(c3ccc(OCCC5=NC(=N)C=C5)cc3)O4)CCCC2)c1. The van der Waals surface area contributed by atoms with E-state index in [0.717, 1.165) is 11.3 Å². The number of aromatic nitrogens is 1. The maximum absolute atomic E-state index is 13.3. The third-order valence-corrected chi connectivity index (χ3v) is 13.9. The van der Waals surface area contributed by atoms with Gasteiger partial charge in [-0.2, -0.15) is 0 Å². The standard InChI is InChI=1S/C52H52N6O13/c1-2-27-18-31(21-33(59)19-27)50(13-3-4-14-50)71-45-39(23-38-42(44(45)61)36(60)22-37(68-38)29-5-8-34(9-6-29)67-16-12-32-7-10-40(53)58-32)69-49-51(65)24-30(17-28-11-15-56-41(54)20-28)43(35-25-55-26-57-35)52(66,48(51)64)46(70-49)47(62)63/h5-11,15,18-24,26,37,43,46,48-49,53,59-61,64-66H,2-4,12-14,16-17,25H2,1H3,(H2,54,56)(H,62,63)/t37?,43-,46-,48+,49-,51-,52-/m1/s1. The number of amidine groups is 1. The van der Waals surface area contributed by atoms with E-state index < -0.39 is 59.0 Å². The zero-order chi connectivity index (χ0) is 49.8. The molecule has 10 N–H and O–H groups in total. The average molecular weight is 969 g/mol. The largest absolute Gasteiger partial charge is 0.508 e. The minimum absolute atomic E-state index is 0.000346. The van der Waals surface area contributed by atoms with Gasteiger partial charge in [0.15, 0.2) is 23.2 Å². The Balaban J connectivity index is 1.06. The maximum Gasteiger partial charge on any atom is 0.336 e. The summed E-state index contributed by atoms with van der Waals surface area (Å²) in [6.07, 6.45) is 4.43. The number of phenols is 2. The fourth-order valence-corrected chi connectivity index (χ4v) is 10.5. The van der Waals surface area contributed by atoms with Gasteiger partial charge in [-0.25, -0.2) is 19.8 Å². The number of hydrogen-bond donors (Lipinski definition) is 9. The third kappa shape index (κ3) is 8.53. The zero-order valence-corrected chi connectivity index (χ0v) is 38.4. The number of aliphatic carboxylic acids is 1. The van der Waals surface area contributed by atoms with Gasteiger partial charge in [-0.1, -0.05) is 30.7 Å². The van der Waals surface area contributed by atoms with E-state index in [4.69, 9.17) is 34.8 Å². The molecule has 71 heavy (non-hydrogen) atoms. The summed E-state index contributed by atoms with van der Waals surface area (Å²) >= 11 is 0. The van der Waals surface area contributed by atoms with Gasteiger partial charge in [0.05, 0.1) is 24.8 Å². The highest BCUT2D eigenvalue weighted by Gasteiger charge is 2.71. The first kappa shape index (κ1) is 47.1. The van der Waals surface area contributed by atoms with Crippen molar-refractivity contribution in [1.29, 1.82) is 5.41 Å². The van der Waals surface area contributed by atoms with Gasteiger partial charge >= 0.3 is 5.97 Å². The highest BCUT2D eigenvalue weighted by Crippen LogP contribution is 2.57. The number of allylic oxidation sites excluding steroid dienone is 1. The number of phenolic OH excluding ortho intramolecular Hbond substituents is 2. The van der Waals surface area contributed by atoms with Crippen LogP contribution in [0.15, 0.2) is 112 Å². The molecule has 2 bridgehead atoms. The number of rotatable bonds is 15. The monoisotopic (exact) mass is 968 g/mol. The van der Waals surface area contributed by atoms with Crippen LogP contribution in [0.1, 0.15) is 72.9 Å². The highest BCUT2D eigenvalue weighted by molar-refractivity contribution is 6.14. The number of aliphatic hydroxyl groups excluding tert-OH is 2. The van der Waals surface area contributed by atoms with Gasteiger partial charge in [-0.05, 0) is 115 Å².